The number of halogens is 6. The second kappa shape index (κ2) is 12.1. The first-order valence-electron chi connectivity index (χ1n) is 13.5. The number of anilines is 2. The Bertz CT molecular complexity index is 1540. The standard InChI is InChI=1S/C27H28F6N4O4S2/c28-26(29,30)17-1-10-23-22(15-17)35-25(42-23)37-13-11-36(12-14-37)24(38)16-41-20-6-2-18(3-7-20)34-19-4-8-21(9-5-19)43(39,40)27(31,32)33/h1,4-5,8-10,15,18,20,34H,2-3,6-7,11-14,16H2. The number of fused-ring (bicyclic) bond motifs is 1. The van der Waals surface area contributed by atoms with E-state index in [-0.39, 0.29) is 24.7 Å². The Morgan fingerprint density at radius 3 is 2.21 bits per heavy atom. The van der Waals surface area contributed by atoms with Crippen LogP contribution in [0.25, 0.3) is 10.2 Å². The van der Waals surface area contributed by atoms with Gasteiger partial charge >= 0.3 is 11.7 Å². The van der Waals surface area contributed by atoms with Crippen molar-refractivity contribution in [2.75, 3.05) is 43.0 Å². The maximum absolute atomic E-state index is 13.0. The Hall–Kier alpha value is -3.11. The second-order valence-electron chi connectivity index (χ2n) is 10.4. The average molecular weight is 651 g/mol. The smallest absolute Gasteiger partial charge is 0.382 e. The highest BCUT2D eigenvalue weighted by Crippen LogP contribution is 2.35. The van der Waals surface area contributed by atoms with E-state index >= 15 is 0 Å². The zero-order chi connectivity index (χ0) is 31.0. The van der Waals surface area contributed by atoms with Gasteiger partial charge in [-0.3, -0.25) is 4.79 Å². The fourth-order valence-electron chi connectivity index (χ4n) is 5.13. The van der Waals surface area contributed by atoms with Crippen molar-refractivity contribution >= 4 is 48.1 Å². The summed E-state index contributed by atoms with van der Waals surface area (Å²) in [5.41, 5.74) is -5.30. The minimum Gasteiger partial charge on any atom is -0.382 e. The Kier molecular flexibility index (Phi) is 8.82. The molecule has 16 heteroatoms. The molecule has 8 nitrogen and oxygen atoms in total. The van der Waals surface area contributed by atoms with Crippen LogP contribution < -0.4 is 10.2 Å². The predicted molar refractivity (Wildman–Crippen MR) is 149 cm³/mol. The van der Waals surface area contributed by atoms with Gasteiger partial charge in [0.05, 0.1) is 26.8 Å². The SMILES string of the molecule is O=C(COC1CCC(Nc2ccc(S(=O)(=O)C(F)(F)F)cc2)CC1)N1CCN(c2nc3cc(C(F)(F)F)ccc3s2)CC1. The van der Waals surface area contributed by atoms with E-state index in [2.05, 4.69) is 10.3 Å². The van der Waals surface area contributed by atoms with Gasteiger partial charge in [0, 0.05) is 37.9 Å². The number of hydrogen-bond acceptors (Lipinski definition) is 8. The van der Waals surface area contributed by atoms with E-state index in [0.29, 0.717) is 72.9 Å². The van der Waals surface area contributed by atoms with Gasteiger partial charge in [-0.15, -0.1) is 0 Å². The van der Waals surface area contributed by atoms with E-state index in [1.807, 2.05) is 4.90 Å². The van der Waals surface area contributed by atoms with Crippen molar-refractivity contribution in [2.45, 2.75) is 54.4 Å². The van der Waals surface area contributed by atoms with E-state index in [4.69, 9.17) is 4.74 Å². The maximum atomic E-state index is 13.0. The number of alkyl halides is 6. The highest BCUT2D eigenvalue weighted by Gasteiger charge is 2.46. The van der Waals surface area contributed by atoms with Gasteiger partial charge < -0.3 is 19.9 Å². The van der Waals surface area contributed by atoms with Crippen LogP contribution in [0.2, 0.25) is 0 Å². The normalized spacial score (nSPS) is 20.4. The van der Waals surface area contributed by atoms with Gasteiger partial charge in [-0.1, -0.05) is 11.3 Å². The summed E-state index contributed by atoms with van der Waals surface area (Å²) in [5.74, 6) is -0.145. The highest BCUT2D eigenvalue weighted by molar-refractivity contribution is 7.92. The fraction of sp³-hybridized carbons (Fsp3) is 0.481. The lowest BCUT2D eigenvalue weighted by molar-refractivity contribution is -0.139. The number of aromatic nitrogens is 1. The molecule has 1 aromatic heterocycles. The first-order valence-corrected chi connectivity index (χ1v) is 15.8. The van der Waals surface area contributed by atoms with Crippen molar-refractivity contribution in [3.63, 3.8) is 0 Å². The van der Waals surface area contributed by atoms with E-state index < -0.39 is 32.0 Å². The number of hydrogen-bond donors (Lipinski definition) is 1. The molecule has 1 saturated heterocycles. The van der Waals surface area contributed by atoms with Crippen LogP contribution in [0.15, 0.2) is 47.4 Å². The minimum absolute atomic E-state index is 0.0243. The molecule has 2 aliphatic rings. The number of piperazine rings is 1. The Morgan fingerprint density at radius 1 is 0.953 bits per heavy atom. The van der Waals surface area contributed by atoms with Crippen LogP contribution in [-0.4, -0.2) is 74.6 Å². The average Bonchev–Trinajstić information content (AvgIpc) is 3.40. The topological polar surface area (TPSA) is 91.8 Å². The Balaban J connectivity index is 1.04. The Labute approximate surface area is 247 Å². The van der Waals surface area contributed by atoms with E-state index in [9.17, 15) is 39.6 Å². The zero-order valence-electron chi connectivity index (χ0n) is 22.6. The largest absolute Gasteiger partial charge is 0.501 e. The third-order valence-electron chi connectivity index (χ3n) is 7.56. The lowest BCUT2D eigenvalue weighted by Gasteiger charge is -2.35. The quantitative estimate of drug-likeness (QED) is 0.329. The Morgan fingerprint density at radius 2 is 1.60 bits per heavy atom. The summed E-state index contributed by atoms with van der Waals surface area (Å²) in [6.07, 6.45) is -1.80. The fourth-order valence-corrected chi connectivity index (χ4v) is 6.89. The van der Waals surface area contributed by atoms with Crippen molar-refractivity contribution < 1.29 is 44.3 Å². The first kappa shape index (κ1) is 31.3. The molecule has 1 N–H and O–H groups in total. The molecule has 1 aliphatic heterocycles. The number of amides is 1. The molecule has 2 heterocycles. The molecule has 0 spiro atoms. The number of nitrogens with one attached hydrogen (secondary N) is 1. The third kappa shape index (κ3) is 7.17. The number of nitrogens with zero attached hydrogens (tertiary/aromatic N) is 3. The summed E-state index contributed by atoms with van der Waals surface area (Å²) >= 11 is 1.31. The number of benzene rings is 2. The number of rotatable bonds is 7. The summed E-state index contributed by atoms with van der Waals surface area (Å²) in [6.45, 7) is 1.80. The molecule has 234 valence electrons. The van der Waals surface area contributed by atoms with Crippen LogP contribution in [0, 0.1) is 0 Å². The molecule has 0 radical (unpaired) electrons. The first-order chi connectivity index (χ1) is 20.2. The van der Waals surface area contributed by atoms with Crippen LogP contribution in [0.5, 0.6) is 0 Å². The molecule has 1 amide bonds. The molecular weight excluding hydrogens is 622 g/mol. The molecule has 0 atom stereocenters. The van der Waals surface area contributed by atoms with Gasteiger partial charge in [0.2, 0.25) is 5.91 Å². The van der Waals surface area contributed by atoms with Crippen molar-refractivity contribution in [1.29, 1.82) is 0 Å². The van der Waals surface area contributed by atoms with Crippen LogP contribution in [0.1, 0.15) is 31.2 Å². The maximum Gasteiger partial charge on any atom is 0.501 e. The molecule has 1 saturated carbocycles. The number of ether oxygens (including phenoxy) is 1. The number of carbonyl (C=O) groups excluding carboxylic acids is 1. The van der Waals surface area contributed by atoms with Crippen LogP contribution in [0.4, 0.5) is 37.2 Å². The summed E-state index contributed by atoms with van der Waals surface area (Å²) in [4.78, 5) is 20.0. The number of carbonyl (C=O) groups is 1. The molecule has 0 unspecified atom stereocenters. The lowest BCUT2D eigenvalue weighted by Crippen LogP contribution is -2.50. The highest BCUT2D eigenvalue weighted by atomic mass is 32.2. The minimum atomic E-state index is -5.39. The molecule has 43 heavy (non-hydrogen) atoms. The molecule has 1 aliphatic carbocycles. The van der Waals surface area contributed by atoms with Crippen molar-refractivity contribution in [2.24, 2.45) is 0 Å². The summed E-state index contributed by atoms with van der Waals surface area (Å²) < 4.78 is 107. The van der Waals surface area contributed by atoms with Gasteiger partial charge in [0.15, 0.2) is 5.13 Å². The van der Waals surface area contributed by atoms with E-state index in [1.54, 1.807) is 4.90 Å². The zero-order valence-corrected chi connectivity index (χ0v) is 24.3. The second-order valence-corrected chi connectivity index (χ2v) is 13.4. The summed E-state index contributed by atoms with van der Waals surface area (Å²) in [7, 11) is -5.39. The predicted octanol–water partition coefficient (Wildman–Crippen LogP) is 5.70. The molecule has 3 aromatic rings. The lowest BCUT2D eigenvalue weighted by atomic mass is 9.93. The van der Waals surface area contributed by atoms with Gasteiger partial charge in [-0.25, -0.2) is 13.4 Å². The summed E-state index contributed by atoms with van der Waals surface area (Å²) in [5, 5.41) is 3.82. The van der Waals surface area contributed by atoms with Crippen molar-refractivity contribution in [3.05, 3.63) is 48.0 Å². The number of sulfone groups is 1. The van der Waals surface area contributed by atoms with Gasteiger partial charge in [-0.05, 0) is 68.1 Å². The molecule has 2 fully saturated rings. The molecule has 5 rings (SSSR count). The van der Waals surface area contributed by atoms with Crippen molar-refractivity contribution in [1.82, 2.24) is 9.88 Å². The van der Waals surface area contributed by atoms with Crippen LogP contribution >= 0.6 is 11.3 Å². The monoisotopic (exact) mass is 650 g/mol. The summed E-state index contributed by atoms with van der Waals surface area (Å²) in [6, 6.07) is 8.01. The third-order valence-corrected chi connectivity index (χ3v) is 10.2. The van der Waals surface area contributed by atoms with Crippen LogP contribution in [0.3, 0.4) is 0 Å². The molecular formula is C27H28F6N4O4S2. The van der Waals surface area contributed by atoms with Crippen LogP contribution in [-0.2, 0) is 25.5 Å². The van der Waals surface area contributed by atoms with E-state index in [0.717, 1.165) is 24.3 Å². The van der Waals surface area contributed by atoms with Gasteiger partial charge in [0.25, 0.3) is 9.84 Å². The molecule has 0 bridgehead atoms. The number of thiazole rings is 1. The van der Waals surface area contributed by atoms with Gasteiger partial charge in [0.1, 0.15) is 6.61 Å². The molecule has 2 aromatic carbocycles. The van der Waals surface area contributed by atoms with Crippen molar-refractivity contribution in [3.8, 4) is 0 Å². The van der Waals surface area contributed by atoms with Gasteiger partial charge in [-0.2, -0.15) is 26.3 Å². The van der Waals surface area contributed by atoms with E-state index in [1.165, 1.54) is 29.5 Å².